The summed E-state index contributed by atoms with van der Waals surface area (Å²) in [5.41, 5.74) is 4.17. The quantitative estimate of drug-likeness (QED) is 0.333. The number of benzene rings is 2. The Kier molecular flexibility index (Phi) is 5.27. The molecule has 4 nitrogen and oxygen atoms in total. The van der Waals surface area contributed by atoms with E-state index in [0.29, 0.717) is 0 Å². The van der Waals surface area contributed by atoms with Crippen LogP contribution in [0.2, 0.25) is 0 Å². The van der Waals surface area contributed by atoms with Gasteiger partial charge >= 0.3 is 0 Å². The molecular weight excluding hydrogens is 390 g/mol. The number of aromatic nitrogens is 2. The van der Waals surface area contributed by atoms with Crippen molar-refractivity contribution < 1.29 is 4.42 Å². The van der Waals surface area contributed by atoms with Gasteiger partial charge < -0.3 is 8.98 Å². The number of rotatable bonds is 6. The maximum Gasteiger partial charge on any atom is 0.190 e. The van der Waals surface area contributed by atoms with Crippen molar-refractivity contribution in [3.8, 4) is 11.5 Å². The predicted octanol–water partition coefficient (Wildman–Crippen LogP) is 6.22. The van der Waals surface area contributed by atoms with Gasteiger partial charge in [0, 0.05) is 23.5 Å². The van der Waals surface area contributed by atoms with Gasteiger partial charge in [0.25, 0.3) is 0 Å². The highest BCUT2D eigenvalue weighted by atomic mass is 32.1. The molecule has 3 heterocycles. The average molecular weight is 412 g/mol. The van der Waals surface area contributed by atoms with Crippen molar-refractivity contribution in [3.63, 3.8) is 0 Å². The van der Waals surface area contributed by atoms with Gasteiger partial charge in [-0.05, 0) is 42.7 Å². The van der Waals surface area contributed by atoms with Crippen LogP contribution in [-0.4, -0.2) is 9.55 Å². The lowest BCUT2D eigenvalue weighted by Gasteiger charge is -2.08. The van der Waals surface area contributed by atoms with Gasteiger partial charge in [-0.2, -0.15) is 0 Å². The molecule has 0 aliphatic rings. The summed E-state index contributed by atoms with van der Waals surface area (Å²) in [6.07, 6.45) is 5.60. The lowest BCUT2D eigenvalue weighted by molar-refractivity contribution is 0.595. The third-order valence-corrected chi connectivity index (χ3v) is 5.90. The van der Waals surface area contributed by atoms with Gasteiger partial charge in [-0.15, -0.1) is 11.3 Å². The minimum Gasteiger partial charge on any atom is -0.454 e. The van der Waals surface area contributed by atoms with E-state index < -0.39 is 0 Å². The standard InChI is InChI=1S/C25H21N3OS/c1-2-8-19(9-3-1)10-7-15-28-22(24-16-20-11-4-5-13-23(20)29-24)18-30-25(28)27-21-12-6-14-26-17-21/h1-6,8-9,11-14,16-18H,7,10,15H2. The lowest BCUT2D eigenvalue weighted by atomic mass is 10.1. The zero-order valence-corrected chi connectivity index (χ0v) is 17.3. The van der Waals surface area contributed by atoms with E-state index in [-0.39, 0.29) is 0 Å². The molecule has 0 N–H and O–H groups in total. The molecule has 0 bridgehead atoms. The van der Waals surface area contributed by atoms with Gasteiger partial charge in [0.1, 0.15) is 5.58 Å². The number of hydrogen-bond donors (Lipinski definition) is 0. The minimum absolute atomic E-state index is 0.854. The molecule has 3 aromatic heterocycles. The van der Waals surface area contributed by atoms with Crippen molar-refractivity contribution in [1.82, 2.24) is 9.55 Å². The predicted molar refractivity (Wildman–Crippen MR) is 122 cm³/mol. The second-order valence-corrected chi connectivity index (χ2v) is 7.95. The van der Waals surface area contributed by atoms with Crippen LogP contribution < -0.4 is 4.80 Å². The number of para-hydroxylation sites is 1. The van der Waals surface area contributed by atoms with E-state index in [1.807, 2.05) is 30.3 Å². The highest BCUT2D eigenvalue weighted by Gasteiger charge is 2.13. The Balaban J connectivity index is 1.52. The second-order valence-electron chi connectivity index (χ2n) is 7.12. The van der Waals surface area contributed by atoms with Crippen LogP contribution in [0.15, 0.2) is 100.0 Å². The molecule has 0 fully saturated rings. The molecular formula is C25H21N3OS. The van der Waals surface area contributed by atoms with Crippen LogP contribution in [0.1, 0.15) is 12.0 Å². The average Bonchev–Trinajstić information content (AvgIpc) is 3.39. The molecule has 0 unspecified atom stereocenters. The Morgan fingerprint density at radius 3 is 2.67 bits per heavy atom. The molecule has 0 saturated carbocycles. The summed E-state index contributed by atoms with van der Waals surface area (Å²) < 4.78 is 8.42. The summed E-state index contributed by atoms with van der Waals surface area (Å²) in [5, 5.41) is 3.25. The van der Waals surface area contributed by atoms with Crippen molar-refractivity contribution in [2.45, 2.75) is 19.4 Å². The summed E-state index contributed by atoms with van der Waals surface area (Å²) in [6.45, 7) is 0.865. The van der Waals surface area contributed by atoms with Gasteiger partial charge in [0.05, 0.1) is 17.6 Å². The summed E-state index contributed by atoms with van der Waals surface area (Å²) in [7, 11) is 0. The molecule has 5 rings (SSSR count). The first kappa shape index (κ1) is 18.6. The number of aryl methyl sites for hydroxylation is 1. The molecule has 0 amide bonds. The summed E-state index contributed by atoms with van der Waals surface area (Å²) in [6, 6.07) is 24.7. The van der Waals surface area contributed by atoms with Crippen LogP contribution in [0, 0.1) is 0 Å². The van der Waals surface area contributed by atoms with Crippen LogP contribution in [0.4, 0.5) is 5.69 Å². The van der Waals surface area contributed by atoms with Crippen molar-refractivity contribution in [2.75, 3.05) is 0 Å². The van der Waals surface area contributed by atoms with Gasteiger partial charge in [-0.3, -0.25) is 4.98 Å². The molecule has 0 aliphatic carbocycles. The minimum atomic E-state index is 0.854. The van der Waals surface area contributed by atoms with E-state index in [1.165, 1.54) is 5.56 Å². The van der Waals surface area contributed by atoms with Crippen molar-refractivity contribution in [2.24, 2.45) is 4.99 Å². The van der Waals surface area contributed by atoms with Crippen LogP contribution >= 0.6 is 11.3 Å². The van der Waals surface area contributed by atoms with E-state index in [2.05, 4.69) is 57.4 Å². The molecule has 0 aliphatic heterocycles. The normalized spacial score (nSPS) is 11.9. The first-order valence-electron chi connectivity index (χ1n) is 10.0. The Morgan fingerprint density at radius 1 is 0.967 bits per heavy atom. The number of thiazole rings is 1. The number of hydrogen-bond acceptors (Lipinski definition) is 4. The highest BCUT2D eigenvalue weighted by Crippen LogP contribution is 2.28. The lowest BCUT2D eigenvalue weighted by Crippen LogP contribution is -2.16. The fraction of sp³-hybridized carbons (Fsp3) is 0.120. The van der Waals surface area contributed by atoms with Crippen LogP contribution in [0.3, 0.4) is 0 Å². The first-order chi connectivity index (χ1) is 14.9. The molecule has 2 aromatic carbocycles. The third kappa shape index (κ3) is 3.98. The first-order valence-corrected chi connectivity index (χ1v) is 10.9. The summed E-state index contributed by atoms with van der Waals surface area (Å²) in [4.78, 5) is 9.98. The molecule has 0 atom stereocenters. The fourth-order valence-corrected chi connectivity index (χ4v) is 4.49. The topological polar surface area (TPSA) is 43.3 Å². The molecule has 5 heteroatoms. The van der Waals surface area contributed by atoms with E-state index >= 15 is 0 Å². The molecule has 0 radical (unpaired) electrons. The maximum absolute atomic E-state index is 6.15. The maximum atomic E-state index is 6.15. The monoisotopic (exact) mass is 411 g/mol. The second kappa shape index (κ2) is 8.51. The molecule has 5 aromatic rings. The van der Waals surface area contributed by atoms with Crippen molar-refractivity contribution in [3.05, 3.63) is 101 Å². The van der Waals surface area contributed by atoms with Crippen molar-refractivity contribution in [1.29, 1.82) is 0 Å². The molecule has 0 saturated heterocycles. The van der Waals surface area contributed by atoms with Gasteiger partial charge in [-0.25, -0.2) is 4.99 Å². The zero-order chi connectivity index (χ0) is 20.2. The van der Waals surface area contributed by atoms with E-state index in [0.717, 1.165) is 52.3 Å². The van der Waals surface area contributed by atoms with Crippen LogP contribution in [0.25, 0.3) is 22.4 Å². The SMILES string of the molecule is c1ccc(CCCn2c(-c3cc4ccccc4o3)csc2=Nc2cccnc2)cc1. The molecule has 30 heavy (non-hydrogen) atoms. The molecule has 148 valence electrons. The van der Waals surface area contributed by atoms with Crippen LogP contribution in [0.5, 0.6) is 0 Å². The summed E-state index contributed by atoms with van der Waals surface area (Å²) >= 11 is 1.63. The Bertz CT molecular complexity index is 1280. The third-order valence-electron chi connectivity index (χ3n) is 5.04. The van der Waals surface area contributed by atoms with Crippen LogP contribution in [-0.2, 0) is 13.0 Å². The zero-order valence-electron chi connectivity index (χ0n) is 16.4. The number of fused-ring (bicyclic) bond motifs is 1. The highest BCUT2D eigenvalue weighted by molar-refractivity contribution is 7.07. The Labute approximate surface area is 178 Å². The molecule has 0 spiro atoms. The summed E-state index contributed by atoms with van der Waals surface area (Å²) in [5.74, 6) is 0.875. The fourth-order valence-electron chi connectivity index (χ4n) is 3.56. The van der Waals surface area contributed by atoms with Gasteiger partial charge in [0.2, 0.25) is 0 Å². The largest absolute Gasteiger partial charge is 0.454 e. The number of pyridine rings is 1. The Morgan fingerprint density at radius 2 is 1.83 bits per heavy atom. The van der Waals surface area contributed by atoms with E-state index in [9.17, 15) is 0 Å². The number of nitrogens with zero attached hydrogens (tertiary/aromatic N) is 3. The van der Waals surface area contributed by atoms with E-state index in [4.69, 9.17) is 9.41 Å². The van der Waals surface area contributed by atoms with Crippen molar-refractivity contribution >= 4 is 28.0 Å². The smallest absolute Gasteiger partial charge is 0.190 e. The number of furan rings is 1. The Hall–Kier alpha value is -3.44. The van der Waals surface area contributed by atoms with Gasteiger partial charge in [-0.1, -0.05) is 48.5 Å². The van der Waals surface area contributed by atoms with Gasteiger partial charge in [0.15, 0.2) is 10.6 Å². The van der Waals surface area contributed by atoms with E-state index in [1.54, 1.807) is 23.7 Å².